The monoisotopic (exact) mass is 514 g/mol. The lowest BCUT2D eigenvalue weighted by atomic mass is 10.1. The molecule has 0 unspecified atom stereocenters. The van der Waals surface area contributed by atoms with Gasteiger partial charge in [-0.15, -0.1) is 0 Å². The number of benzene rings is 3. The molecule has 158 valence electrons. The highest BCUT2D eigenvalue weighted by molar-refractivity contribution is 9.10. The number of aromatic nitrogens is 1. The van der Waals surface area contributed by atoms with Crippen LogP contribution < -0.4 is 4.90 Å². The van der Waals surface area contributed by atoms with Gasteiger partial charge in [0, 0.05) is 10.0 Å². The molecule has 0 radical (unpaired) electrons. The minimum Gasteiger partial charge on any atom is -0.279 e. The molecule has 0 atom stereocenters. The quantitative estimate of drug-likeness (QED) is 0.331. The zero-order valence-electron chi connectivity index (χ0n) is 16.7. The van der Waals surface area contributed by atoms with Crippen LogP contribution in [0, 0.1) is 0 Å². The Bertz CT molecular complexity index is 1330. The number of anilines is 1. The van der Waals surface area contributed by atoms with Crippen molar-refractivity contribution in [2.24, 2.45) is 0 Å². The molecule has 1 heterocycles. The fourth-order valence-electron chi connectivity index (χ4n) is 3.12. The Kier molecular flexibility index (Phi) is 6.22. The molecule has 31 heavy (non-hydrogen) atoms. The Morgan fingerprint density at radius 1 is 1.03 bits per heavy atom. The molecule has 0 aliphatic rings. The molecule has 0 saturated carbocycles. The van der Waals surface area contributed by atoms with E-state index in [4.69, 9.17) is 0 Å². The molecular weight excluding hydrogens is 496 g/mol. The van der Waals surface area contributed by atoms with Gasteiger partial charge < -0.3 is 0 Å². The summed E-state index contributed by atoms with van der Waals surface area (Å²) >= 11 is 4.92. The van der Waals surface area contributed by atoms with Crippen molar-refractivity contribution in [1.29, 1.82) is 0 Å². The van der Waals surface area contributed by atoms with Gasteiger partial charge in [0.15, 0.2) is 15.0 Å². The number of nitrogens with zero attached hydrogens (tertiary/aromatic N) is 2. The fraction of sp³-hybridized carbons (Fsp3) is 0.130. The molecule has 0 spiro atoms. The van der Waals surface area contributed by atoms with E-state index >= 15 is 0 Å². The lowest BCUT2D eigenvalue weighted by Crippen LogP contribution is -2.30. The first-order valence-corrected chi connectivity index (χ1v) is 12.9. The molecule has 1 amide bonds. The third kappa shape index (κ3) is 4.71. The van der Waals surface area contributed by atoms with Crippen LogP contribution in [-0.4, -0.2) is 25.1 Å². The number of hydrogen-bond acceptors (Lipinski definition) is 5. The molecule has 1 aromatic heterocycles. The largest absolute Gasteiger partial charge is 0.279 e. The van der Waals surface area contributed by atoms with Gasteiger partial charge in [0.1, 0.15) is 0 Å². The van der Waals surface area contributed by atoms with E-state index in [0.717, 1.165) is 20.3 Å². The third-order valence-electron chi connectivity index (χ3n) is 4.84. The maximum absolute atomic E-state index is 13.5. The van der Waals surface area contributed by atoms with Gasteiger partial charge in [0.2, 0.25) is 0 Å². The van der Waals surface area contributed by atoms with E-state index in [9.17, 15) is 13.2 Å². The zero-order valence-corrected chi connectivity index (χ0v) is 19.9. The number of amides is 1. The minimum atomic E-state index is -3.32. The van der Waals surface area contributed by atoms with Crippen LogP contribution in [0.5, 0.6) is 0 Å². The second-order valence-corrected chi connectivity index (χ2v) is 11.1. The molecule has 8 heteroatoms. The van der Waals surface area contributed by atoms with Crippen LogP contribution in [0.3, 0.4) is 0 Å². The highest BCUT2D eigenvalue weighted by Gasteiger charge is 2.22. The summed E-state index contributed by atoms with van der Waals surface area (Å²) in [6.45, 7) is 1.96. The topological polar surface area (TPSA) is 67.3 Å². The van der Waals surface area contributed by atoms with Gasteiger partial charge >= 0.3 is 0 Å². The van der Waals surface area contributed by atoms with E-state index in [1.54, 1.807) is 24.0 Å². The first-order chi connectivity index (χ1) is 14.9. The van der Waals surface area contributed by atoms with Crippen LogP contribution in [0.15, 0.2) is 82.2 Å². The number of fused-ring (bicyclic) bond motifs is 1. The first-order valence-electron chi connectivity index (χ1n) is 9.62. The van der Waals surface area contributed by atoms with E-state index in [2.05, 4.69) is 20.9 Å². The van der Waals surface area contributed by atoms with E-state index in [0.29, 0.717) is 17.2 Å². The van der Waals surface area contributed by atoms with Crippen molar-refractivity contribution in [1.82, 2.24) is 4.98 Å². The molecule has 0 aliphatic carbocycles. The predicted molar refractivity (Wildman–Crippen MR) is 128 cm³/mol. The Labute approximate surface area is 193 Å². The van der Waals surface area contributed by atoms with Crippen molar-refractivity contribution in [3.63, 3.8) is 0 Å². The van der Waals surface area contributed by atoms with Gasteiger partial charge in [-0.2, -0.15) is 0 Å². The number of thiazole rings is 1. The smallest absolute Gasteiger partial charge is 0.260 e. The third-order valence-corrected chi connectivity index (χ3v) is 8.12. The van der Waals surface area contributed by atoms with Crippen LogP contribution in [0.25, 0.3) is 10.2 Å². The molecule has 0 N–H and O–H groups in total. The predicted octanol–water partition coefficient (Wildman–Crippen LogP) is 5.70. The van der Waals surface area contributed by atoms with Gasteiger partial charge in [-0.05, 0) is 48.0 Å². The number of sulfone groups is 1. The summed E-state index contributed by atoms with van der Waals surface area (Å²) in [5.74, 6) is -0.218. The van der Waals surface area contributed by atoms with Crippen LogP contribution in [0.1, 0.15) is 22.8 Å². The molecule has 4 rings (SSSR count). The van der Waals surface area contributed by atoms with E-state index in [1.807, 2.05) is 48.5 Å². The van der Waals surface area contributed by atoms with E-state index < -0.39 is 9.84 Å². The highest BCUT2D eigenvalue weighted by atomic mass is 79.9. The summed E-state index contributed by atoms with van der Waals surface area (Å²) in [7, 11) is -3.32. The van der Waals surface area contributed by atoms with Crippen molar-refractivity contribution < 1.29 is 13.2 Å². The first kappa shape index (κ1) is 21.7. The summed E-state index contributed by atoms with van der Waals surface area (Å²) in [6, 6.07) is 21.6. The van der Waals surface area contributed by atoms with Crippen LogP contribution in [-0.2, 0) is 16.4 Å². The highest BCUT2D eigenvalue weighted by Crippen LogP contribution is 2.32. The average molecular weight is 515 g/mol. The average Bonchev–Trinajstić information content (AvgIpc) is 3.20. The normalized spacial score (nSPS) is 11.5. The molecular formula is C23H19BrN2O3S2. The summed E-state index contributed by atoms with van der Waals surface area (Å²) in [4.78, 5) is 20.0. The zero-order chi connectivity index (χ0) is 22.0. The van der Waals surface area contributed by atoms with E-state index in [-0.39, 0.29) is 16.6 Å². The molecule has 4 aromatic rings. The van der Waals surface area contributed by atoms with Crippen LogP contribution in [0.2, 0.25) is 0 Å². The number of halogens is 1. The van der Waals surface area contributed by atoms with Gasteiger partial charge in [0.05, 0.1) is 27.4 Å². The summed E-state index contributed by atoms with van der Waals surface area (Å²) in [6.07, 6.45) is 0. The van der Waals surface area contributed by atoms with Crippen molar-refractivity contribution >= 4 is 58.4 Å². The molecule has 0 aliphatic heterocycles. The van der Waals surface area contributed by atoms with Crippen molar-refractivity contribution in [2.45, 2.75) is 18.4 Å². The Balaban J connectivity index is 1.73. The summed E-state index contributed by atoms with van der Waals surface area (Å²) < 4.78 is 26.1. The molecule has 5 nitrogen and oxygen atoms in total. The fourth-order valence-corrected chi connectivity index (χ4v) is 5.52. The van der Waals surface area contributed by atoms with Crippen LogP contribution in [0.4, 0.5) is 5.13 Å². The maximum Gasteiger partial charge on any atom is 0.260 e. The number of carbonyl (C=O) groups is 1. The molecule has 0 saturated heterocycles. The Morgan fingerprint density at radius 2 is 1.74 bits per heavy atom. The van der Waals surface area contributed by atoms with Gasteiger partial charge in [-0.25, -0.2) is 13.4 Å². The molecule has 0 bridgehead atoms. The lowest BCUT2D eigenvalue weighted by Gasteiger charge is -2.20. The lowest BCUT2D eigenvalue weighted by molar-refractivity contribution is 0.0985. The number of hydrogen-bond donors (Lipinski definition) is 0. The van der Waals surface area contributed by atoms with Crippen LogP contribution >= 0.6 is 27.3 Å². The van der Waals surface area contributed by atoms with Gasteiger partial charge in [-0.3, -0.25) is 9.69 Å². The maximum atomic E-state index is 13.5. The Hall–Kier alpha value is -2.55. The molecule has 3 aromatic carbocycles. The van der Waals surface area contributed by atoms with Crippen molar-refractivity contribution in [3.05, 3.63) is 88.4 Å². The molecule has 0 fully saturated rings. The summed E-state index contributed by atoms with van der Waals surface area (Å²) in [5.41, 5.74) is 2.20. The second-order valence-electron chi connectivity index (χ2n) is 6.91. The van der Waals surface area contributed by atoms with Gasteiger partial charge in [0.25, 0.3) is 5.91 Å². The standard InChI is InChI=1S/C23H19BrN2O3S2/c1-2-31(28,29)19-11-8-17(9-12-19)22(27)26(15-16-6-4-3-5-7-16)23-25-20-13-10-18(24)14-21(20)30-23/h3-14H,2,15H2,1H3. The summed E-state index contributed by atoms with van der Waals surface area (Å²) in [5, 5.41) is 0.590. The second kappa shape index (κ2) is 8.90. The van der Waals surface area contributed by atoms with Gasteiger partial charge in [-0.1, -0.05) is 64.5 Å². The van der Waals surface area contributed by atoms with Crippen molar-refractivity contribution in [3.8, 4) is 0 Å². The number of rotatable bonds is 6. The minimum absolute atomic E-state index is 0.0156. The van der Waals surface area contributed by atoms with Crippen molar-refractivity contribution in [2.75, 3.05) is 10.7 Å². The Morgan fingerprint density at radius 3 is 2.42 bits per heavy atom. The SMILES string of the molecule is CCS(=O)(=O)c1ccc(C(=O)N(Cc2ccccc2)c2nc3ccc(Br)cc3s2)cc1. The number of carbonyl (C=O) groups excluding carboxylic acids is 1. The van der Waals surface area contributed by atoms with E-state index in [1.165, 1.54) is 23.5 Å².